The van der Waals surface area contributed by atoms with Crippen LogP contribution in [0.3, 0.4) is 0 Å². The van der Waals surface area contributed by atoms with Crippen molar-refractivity contribution in [3.05, 3.63) is 89.5 Å². The predicted octanol–water partition coefficient (Wildman–Crippen LogP) is 4.84. The fourth-order valence-corrected chi connectivity index (χ4v) is 3.36. The molecule has 5 heteroatoms. The van der Waals surface area contributed by atoms with Crippen LogP contribution in [0.1, 0.15) is 11.1 Å². The topological polar surface area (TPSA) is 32.3 Å². The number of halogens is 2. The number of amides is 1. The van der Waals surface area contributed by atoms with Crippen LogP contribution in [0.4, 0.5) is 25.8 Å². The van der Waals surface area contributed by atoms with Crippen molar-refractivity contribution in [1.82, 2.24) is 0 Å². The monoisotopic (exact) mass is 364 g/mol. The van der Waals surface area contributed by atoms with Crippen LogP contribution in [0.5, 0.6) is 0 Å². The lowest BCUT2D eigenvalue weighted by Gasteiger charge is -2.19. The Morgan fingerprint density at radius 3 is 2.30 bits per heavy atom. The molecule has 1 aliphatic heterocycles. The van der Waals surface area contributed by atoms with Crippen LogP contribution in [0.25, 0.3) is 0 Å². The van der Waals surface area contributed by atoms with E-state index < -0.39 is 0 Å². The first-order chi connectivity index (χ1) is 13.1. The minimum absolute atomic E-state index is 0.144. The van der Waals surface area contributed by atoms with Crippen LogP contribution < -0.4 is 10.2 Å². The average Bonchev–Trinajstić information content (AvgIpc) is 3.07. The van der Waals surface area contributed by atoms with Gasteiger partial charge in [0.1, 0.15) is 11.6 Å². The number of carbonyl (C=O) groups excluding carboxylic acids is 1. The molecule has 3 aromatic rings. The number of rotatable bonds is 4. The number of hydrogen-bond acceptors (Lipinski definition) is 2. The van der Waals surface area contributed by atoms with E-state index in [0.29, 0.717) is 0 Å². The summed E-state index contributed by atoms with van der Waals surface area (Å²) in [4.78, 5) is 14.4. The molecule has 1 amide bonds. The summed E-state index contributed by atoms with van der Waals surface area (Å²) in [5.74, 6) is -0.712. The Labute approximate surface area is 156 Å². The van der Waals surface area contributed by atoms with Gasteiger partial charge in [-0.25, -0.2) is 8.78 Å². The molecule has 0 aromatic heterocycles. The molecule has 136 valence electrons. The van der Waals surface area contributed by atoms with Gasteiger partial charge in [0, 0.05) is 23.6 Å². The molecule has 3 nitrogen and oxygen atoms in total. The first kappa shape index (κ1) is 17.2. The number of benzene rings is 3. The molecule has 27 heavy (non-hydrogen) atoms. The third-order valence-corrected chi connectivity index (χ3v) is 4.68. The summed E-state index contributed by atoms with van der Waals surface area (Å²) in [6.07, 6.45) is 1.05. The van der Waals surface area contributed by atoms with Gasteiger partial charge < -0.3 is 10.2 Å². The predicted molar refractivity (Wildman–Crippen MR) is 102 cm³/mol. The normalized spacial score (nSPS) is 12.7. The van der Waals surface area contributed by atoms with Crippen LogP contribution >= 0.6 is 0 Å². The molecule has 0 bridgehead atoms. The summed E-state index contributed by atoms with van der Waals surface area (Å²) < 4.78 is 26.1. The van der Waals surface area contributed by atoms with Crippen molar-refractivity contribution in [2.45, 2.75) is 12.8 Å². The zero-order valence-corrected chi connectivity index (χ0v) is 14.6. The highest BCUT2D eigenvalue weighted by atomic mass is 19.1. The molecule has 0 saturated carbocycles. The smallest absolute Gasteiger partial charge is 0.228 e. The molecule has 0 aliphatic carbocycles. The highest BCUT2D eigenvalue weighted by Crippen LogP contribution is 2.36. The minimum Gasteiger partial charge on any atom is -0.341 e. The number of nitrogens with zero attached hydrogens (tertiary/aromatic N) is 1. The third kappa shape index (κ3) is 3.82. The highest BCUT2D eigenvalue weighted by molar-refractivity contribution is 5.92. The van der Waals surface area contributed by atoms with E-state index in [2.05, 4.69) is 10.2 Å². The molecule has 0 saturated heterocycles. The summed E-state index contributed by atoms with van der Waals surface area (Å²) in [6, 6.07) is 18.2. The average molecular weight is 364 g/mol. The minimum atomic E-state index is -0.316. The zero-order valence-electron chi connectivity index (χ0n) is 14.6. The second kappa shape index (κ2) is 7.19. The van der Waals surface area contributed by atoms with Gasteiger partial charge in [-0.2, -0.15) is 0 Å². The van der Waals surface area contributed by atoms with Gasteiger partial charge in [0.2, 0.25) is 5.91 Å². The van der Waals surface area contributed by atoms with Crippen molar-refractivity contribution in [2.75, 3.05) is 16.8 Å². The summed E-state index contributed by atoms with van der Waals surface area (Å²) in [5, 5.41) is 2.90. The Balaban J connectivity index is 1.46. The largest absolute Gasteiger partial charge is 0.341 e. The van der Waals surface area contributed by atoms with Crippen LogP contribution in [-0.4, -0.2) is 12.5 Å². The lowest BCUT2D eigenvalue weighted by atomic mass is 10.1. The lowest BCUT2D eigenvalue weighted by Crippen LogP contribution is -2.15. The first-order valence-corrected chi connectivity index (χ1v) is 8.79. The Kier molecular flexibility index (Phi) is 4.59. The van der Waals surface area contributed by atoms with E-state index in [1.54, 1.807) is 24.3 Å². The van der Waals surface area contributed by atoms with E-state index in [9.17, 15) is 13.6 Å². The van der Waals surface area contributed by atoms with Gasteiger partial charge in [-0.3, -0.25) is 4.79 Å². The fraction of sp³-hybridized carbons (Fsp3) is 0.136. The molecule has 4 rings (SSSR count). The van der Waals surface area contributed by atoms with Crippen molar-refractivity contribution in [1.29, 1.82) is 0 Å². The number of carbonyl (C=O) groups is 1. The van der Waals surface area contributed by atoms with E-state index in [1.165, 1.54) is 24.3 Å². The highest BCUT2D eigenvalue weighted by Gasteiger charge is 2.21. The van der Waals surface area contributed by atoms with Crippen molar-refractivity contribution < 1.29 is 13.6 Å². The van der Waals surface area contributed by atoms with Gasteiger partial charge in [0.25, 0.3) is 0 Å². The third-order valence-electron chi connectivity index (χ3n) is 4.68. The number of hydrogen-bond donors (Lipinski definition) is 1. The number of nitrogens with one attached hydrogen (secondary N) is 1. The zero-order chi connectivity index (χ0) is 18.8. The Morgan fingerprint density at radius 2 is 1.59 bits per heavy atom. The van der Waals surface area contributed by atoms with Crippen LogP contribution in [-0.2, 0) is 17.6 Å². The quantitative estimate of drug-likeness (QED) is 0.718. The maximum Gasteiger partial charge on any atom is 0.228 e. The van der Waals surface area contributed by atoms with Crippen molar-refractivity contribution in [2.24, 2.45) is 0 Å². The van der Waals surface area contributed by atoms with E-state index in [4.69, 9.17) is 0 Å². The van der Waals surface area contributed by atoms with Crippen LogP contribution in [0, 0.1) is 11.6 Å². The standard InChI is InChI=1S/C22H18F2N2O/c23-17-3-1-15(2-4-17)13-22(27)25-19-7-10-21-16(14-19)11-12-26(21)20-8-5-18(24)6-9-20/h1-10,14H,11-13H2,(H,25,27). The van der Waals surface area contributed by atoms with Crippen molar-refractivity contribution >= 4 is 23.0 Å². The number of anilines is 3. The van der Waals surface area contributed by atoms with E-state index in [1.807, 2.05) is 18.2 Å². The molecule has 1 N–H and O–H groups in total. The lowest BCUT2D eigenvalue weighted by molar-refractivity contribution is -0.115. The Morgan fingerprint density at radius 1 is 0.926 bits per heavy atom. The molecular formula is C22H18F2N2O. The second-order valence-corrected chi connectivity index (χ2v) is 6.57. The van der Waals surface area contributed by atoms with E-state index in [-0.39, 0.29) is 24.0 Å². The second-order valence-electron chi connectivity index (χ2n) is 6.57. The van der Waals surface area contributed by atoms with Gasteiger partial charge in [-0.05, 0) is 72.1 Å². The first-order valence-electron chi connectivity index (χ1n) is 8.79. The van der Waals surface area contributed by atoms with Crippen LogP contribution in [0.2, 0.25) is 0 Å². The fourth-order valence-electron chi connectivity index (χ4n) is 3.36. The Hall–Kier alpha value is -3.21. The van der Waals surface area contributed by atoms with Crippen molar-refractivity contribution in [3.8, 4) is 0 Å². The maximum atomic E-state index is 13.1. The molecule has 0 radical (unpaired) electrons. The van der Waals surface area contributed by atoms with Crippen LogP contribution in [0.15, 0.2) is 66.7 Å². The summed E-state index contributed by atoms with van der Waals surface area (Å²) in [5.41, 5.74) is 4.65. The molecule has 0 atom stereocenters. The molecule has 1 aliphatic rings. The summed E-state index contributed by atoms with van der Waals surface area (Å²) in [6.45, 7) is 0.813. The van der Waals surface area contributed by atoms with Gasteiger partial charge in [-0.1, -0.05) is 12.1 Å². The molecule has 3 aromatic carbocycles. The maximum absolute atomic E-state index is 13.1. The molecule has 0 fully saturated rings. The van der Waals surface area contributed by atoms with E-state index >= 15 is 0 Å². The van der Waals surface area contributed by atoms with Gasteiger partial charge in [0.15, 0.2) is 0 Å². The Bertz CT molecular complexity index is 969. The van der Waals surface area contributed by atoms with Gasteiger partial charge in [0.05, 0.1) is 6.42 Å². The van der Waals surface area contributed by atoms with Crippen molar-refractivity contribution in [3.63, 3.8) is 0 Å². The molecular weight excluding hydrogens is 346 g/mol. The van der Waals surface area contributed by atoms with E-state index in [0.717, 1.165) is 41.2 Å². The van der Waals surface area contributed by atoms with Gasteiger partial charge in [-0.15, -0.1) is 0 Å². The molecule has 1 heterocycles. The molecule has 0 spiro atoms. The molecule has 0 unspecified atom stereocenters. The number of fused-ring (bicyclic) bond motifs is 1. The SMILES string of the molecule is O=C(Cc1ccc(F)cc1)Nc1ccc2c(c1)CCN2c1ccc(F)cc1. The summed E-state index contributed by atoms with van der Waals surface area (Å²) >= 11 is 0. The summed E-state index contributed by atoms with van der Waals surface area (Å²) in [7, 11) is 0. The van der Waals surface area contributed by atoms with Gasteiger partial charge >= 0.3 is 0 Å².